The third-order valence-corrected chi connectivity index (χ3v) is 6.05. The van der Waals surface area contributed by atoms with Crippen molar-refractivity contribution < 1.29 is 7.90 Å². The Hall–Kier alpha value is -0.520. The van der Waals surface area contributed by atoms with Gasteiger partial charge >= 0.3 is 134 Å². The molecule has 0 saturated carbocycles. The van der Waals surface area contributed by atoms with Gasteiger partial charge in [0, 0.05) is 0 Å². The number of carbonyl (C=O) groups is 1. The summed E-state index contributed by atoms with van der Waals surface area (Å²) in [6.07, 6.45) is 0. The van der Waals surface area contributed by atoms with Crippen molar-refractivity contribution in [1.29, 1.82) is 0 Å². The molecule has 0 fully saturated rings. The Morgan fingerprint density at radius 1 is 0.950 bits per heavy atom. The van der Waals surface area contributed by atoms with E-state index in [4.69, 9.17) is 3.10 Å². The van der Waals surface area contributed by atoms with Crippen LogP contribution in [0.15, 0.2) is 12.1 Å². The van der Waals surface area contributed by atoms with Crippen LogP contribution in [0.2, 0.25) is 0 Å². The molecule has 3 heteroatoms. The van der Waals surface area contributed by atoms with Crippen molar-refractivity contribution in [3.63, 3.8) is 0 Å². The van der Waals surface area contributed by atoms with Crippen LogP contribution in [0.1, 0.15) is 82.9 Å². The summed E-state index contributed by atoms with van der Waals surface area (Å²) in [5.41, 5.74) is 4.11. The van der Waals surface area contributed by atoms with E-state index in [0.29, 0.717) is 17.8 Å². The van der Waals surface area contributed by atoms with E-state index < -0.39 is 21.3 Å². The van der Waals surface area contributed by atoms with E-state index in [1.807, 2.05) is 0 Å². The molecule has 1 aromatic rings. The summed E-state index contributed by atoms with van der Waals surface area (Å²) >= 11 is -0.904. The van der Waals surface area contributed by atoms with Crippen LogP contribution in [-0.2, 0) is 7.90 Å². The van der Waals surface area contributed by atoms with Crippen molar-refractivity contribution in [2.75, 3.05) is 0 Å². The molecule has 0 unspecified atom stereocenters. The van der Waals surface area contributed by atoms with Gasteiger partial charge in [0.15, 0.2) is 0 Å². The summed E-state index contributed by atoms with van der Waals surface area (Å²) in [6, 6.07) is 4.62. The third kappa shape index (κ3) is 4.50. The molecule has 0 bridgehead atoms. The molecular weight excluding hydrogens is 364 g/mol. The summed E-state index contributed by atoms with van der Waals surface area (Å²) in [5, 5.41) is 0. The summed E-state index contributed by atoms with van der Waals surface area (Å²) in [5.74, 6) is 1.28. The van der Waals surface area contributed by atoms with Crippen molar-refractivity contribution >= 4 is 30.9 Å². The minimum absolute atomic E-state index is 0.162. The fourth-order valence-electron chi connectivity index (χ4n) is 2.09. The van der Waals surface area contributed by atoms with Crippen LogP contribution in [0.5, 0.6) is 0 Å². The maximum absolute atomic E-state index is 11.2. The van der Waals surface area contributed by atoms with Gasteiger partial charge in [0.05, 0.1) is 0 Å². The SMILES string of the molecule is CC(=O)O[Te]c1c(C(C)C)cc(C(C)C)cc1C(C)C. The van der Waals surface area contributed by atoms with E-state index in [2.05, 4.69) is 53.7 Å². The number of hydrogen-bond acceptors (Lipinski definition) is 2. The second-order valence-electron chi connectivity index (χ2n) is 6.15. The van der Waals surface area contributed by atoms with Crippen LogP contribution in [0, 0.1) is 0 Å². The van der Waals surface area contributed by atoms with Gasteiger partial charge in [0.1, 0.15) is 0 Å². The van der Waals surface area contributed by atoms with E-state index in [9.17, 15) is 4.79 Å². The predicted molar refractivity (Wildman–Crippen MR) is 85.9 cm³/mol. The standard InChI is InChI=1S/C17H26O2Te/c1-10(2)14-8-15(11(3)4)17(20-19-13(7)18)16(9-14)12(5)6/h8-12H,1-7H3. The van der Waals surface area contributed by atoms with Crippen molar-refractivity contribution in [2.45, 2.75) is 66.2 Å². The topological polar surface area (TPSA) is 26.3 Å². The minimum atomic E-state index is -0.904. The molecule has 0 N–H and O–H groups in total. The van der Waals surface area contributed by atoms with Crippen LogP contribution in [-0.4, -0.2) is 27.3 Å². The fraction of sp³-hybridized carbons (Fsp3) is 0.588. The Bertz CT molecular complexity index is 447. The first-order chi connectivity index (χ1) is 9.23. The average Bonchev–Trinajstić information content (AvgIpc) is 2.34. The van der Waals surface area contributed by atoms with Crippen molar-refractivity contribution in [1.82, 2.24) is 0 Å². The van der Waals surface area contributed by atoms with Gasteiger partial charge in [-0.1, -0.05) is 0 Å². The van der Waals surface area contributed by atoms with E-state index in [1.165, 1.54) is 27.2 Å². The Labute approximate surface area is 133 Å². The molecule has 0 heterocycles. The Morgan fingerprint density at radius 2 is 1.40 bits per heavy atom. The zero-order valence-electron chi connectivity index (χ0n) is 13.6. The third-order valence-electron chi connectivity index (χ3n) is 3.32. The van der Waals surface area contributed by atoms with Gasteiger partial charge in [-0.25, -0.2) is 0 Å². The van der Waals surface area contributed by atoms with Crippen LogP contribution in [0.3, 0.4) is 0 Å². The van der Waals surface area contributed by atoms with Crippen LogP contribution < -0.4 is 3.61 Å². The molecule has 0 saturated heterocycles. The fourth-order valence-corrected chi connectivity index (χ4v) is 4.89. The monoisotopic (exact) mass is 392 g/mol. The van der Waals surface area contributed by atoms with Gasteiger partial charge < -0.3 is 0 Å². The first-order valence-electron chi connectivity index (χ1n) is 7.26. The van der Waals surface area contributed by atoms with Gasteiger partial charge in [-0.05, 0) is 0 Å². The quantitative estimate of drug-likeness (QED) is 0.714. The van der Waals surface area contributed by atoms with E-state index >= 15 is 0 Å². The molecule has 1 rings (SSSR count). The summed E-state index contributed by atoms with van der Waals surface area (Å²) < 4.78 is 6.72. The molecular formula is C17H26O2Te. The zero-order valence-corrected chi connectivity index (χ0v) is 15.9. The van der Waals surface area contributed by atoms with Crippen LogP contribution >= 0.6 is 0 Å². The molecule has 0 aliphatic heterocycles. The number of hydrogen-bond donors (Lipinski definition) is 0. The second kappa shape index (κ2) is 7.48. The predicted octanol–water partition coefficient (Wildman–Crippen LogP) is 3.86. The number of carbonyl (C=O) groups excluding carboxylic acids is 1. The molecule has 1 aromatic carbocycles. The van der Waals surface area contributed by atoms with Gasteiger partial charge in [-0.2, -0.15) is 0 Å². The molecule has 0 aliphatic carbocycles. The van der Waals surface area contributed by atoms with Gasteiger partial charge in [-0.3, -0.25) is 0 Å². The normalized spacial score (nSPS) is 11.5. The zero-order chi connectivity index (χ0) is 15.4. The van der Waals surface area contributed by atoms with Crippen LogP contribution in [0.4, 0.5) is 0 Å². The van der Waals surface area contributed by atoms with Crippen molar-refractivity contribution in [2.24, 2.45) is 0 Å². The first-order valence-corrected chi connectivity index (χ1v) is 9.38. The molecule has 0 spiro atoms. The molecule has 2 nitrogen and oxygen atoms in total. The van der Waals surface area contributed by atoms with E-state index in [1.54, 1.807) is 0 Å². The second-order valence-corrected chi connectivity index (χ2v) is 8.27. The molecule has 0 atom stereocenters. The average molecular weight is 390 g/mol. The molecule has 20 heavy (non-hydrogen) atoms. The number of rotatable bonds is 5. The number of benzene rings is 1. The Kier molecular flexibility index (Phi) is 6.55. The van der Waals surface area contributed by atoms with E-state index in [0.717, 1.165) is 0 Å². The summed E-state index contributed by atoms with van der Waals surface area (Å²) in [6.45, 7) is 14.8. The summed E-state index contributed by atoms with van der Waals surface area (Å²) in [4.78, 5) is 11.2. The molecule has 0 aromatic heterocycles. The van der Waals surface area contributed by atoms with E-state index in [-0.39, 0.29) is 5.97 Å². The molecule has 112 valence electrons. The van der Waals surface area contributed by atoms with Crippen molar-refractivity contribution in [3.05, 3.63) is 28.8 Å². The molecule has 0 amide bonds. The Morgan fingerprint density at radius 3 is 1.70 bits per heavy atom. The molecule has 0 aliphatic rings. The van der Waals surface area contributed by atoms with Gasteiger partial charge in [-0.15, -0.1) is 0 Å². The van der Waals surface area contributed by atoms with Crippen molar-refractivity contribution in [3.8, 4) is 0 Å². The first kappa shape index (κ1) is 17.5. The maximum atomic E-state index is 11.2. The van der Waals surface area contributed by atoms with Crippen LogP contribution in [0.25, 0.3) is 0 Å². The van der Waals surface area contributed by atoms with Gasteiger partial charge in [0.2, 0.25) is 0 Å². The Balaban J connectivity index is 3.38. The molecule has 0 radical (unpaired) electrons. The summed E-state index contributed by atoms with van der Waals surface area (Å²) in [7, 11) is 0. The van der Waals surface area contributed by atoms with Gasteiger partial charge in [0.25, 0.3) is 0 Å².